The van der Waals surface area contributed by atoms with Crippen LogP contribution in [0.3, 0.4) is 0 Å². The fraction of sp³-hybridized carbons (Fsp3) is 0.556. The molecule has 1 saturated heterocycles. The van der Waals surface area contributed by atoms with Crippen molar-refractivity contribution in [1.82, 2.24) is 10.2 Å². The average molecular weight is 249 g/mol. The van der Waals surface area contributed by atoms with E-state index in [1.165, 1.54) is 0 Å². The van der Waals surface area contributed by atoms with Gasteiger partial charge in [-0.25, -0.2) is 0 Å². The summed E-state index contributed by atoms with van der Waals surface area (Å²) in [5, 5.41) is 14.2. The molecule has 0 saturated carbocycles. The number of amides is 1. The molecule has 94 valence electrons. The number of H-pyrrole nitrogens is 1. The number of carbonyl (C=O) groups excluding carboxylic acids is 1. The second-order valence-corrected chi connectivity index (χ2v) is 3.89. The quantitative estimate of drug-likeness (QED) is 0.813. The maximum atomic E-state index is 12.3. The van der Waals surface area contributed by atoms with Gasteiger partial charge in [-0.3, -0.25) is 14.8 Å². The van der Waals surface area contributed by atoms with Gasteiger partial charge in [-0.05, 0) is 0 Å². The summed E-state index contributed by atoms with van der Waals surface area (Å²) >= 11 is 0. The van der Waals surface area contributed by atoms with Gasteiger partial charge >= 0.3 is 6.18 Å². The predicted octanol–water partition coefficient (Wildman–Crippen LogP) is 0.774. The molecular weight excluding hydrogens is 239 g/mol. The fourth-order valence-corrected chi connectivity index (χ4v) is 1.72. The first-order chi connectivity index (χ1) is 7.91. The van der Waals surface area contributed by atoms with E-state index >= 15 is 0 Å². The van der Waals surface area contributed by atoms with Gasteiger partial charge in [0.15, 0.2) is 5.82 Å². The van der Waals surface area contributed by atoms with Crippen LogP contribution in [0.4, 0.5) is 19.0 Å². The van der Waals surface area contributed by atoms with Gasteiger partial charge in [0.2, 0.25) is 5.91 Å². The molecule has 1 aromatic heterocycles. The Labute approximate surface area is 94.2 Å². The topological polar surface area (TPSA) is 69.2 Å². The van der Waals surface area contributed by atoms with Crippen molar-refractivity contribution in [2.45, 2.75) is 12.6 Å². The number of halogens is 3. The second kappa shape index (κ2) is 4.02. The third-order valence-electron chi connectivity index (χ3n) is 2.61. The number of hydrogen-bond acceptors (Lipinski definition) is 3. The number of aromatic amines is 1. The zero-order valence-corrected chi connectivity index (χ0v) is 8.66. The first kappa shape index (κ1) is 11.9. The van der Waals surface area contributed by atoms with Gasteiger partial charge in [-0.2, -0.15) is 18.3 Å². The highest BCUT2D eigenvalue weighted by Crippen LogP contribution is 2.31. The highest BCUT2D eigenvalue weighted by atomic mass is 19.4. The Morgan fingerprint density at radius 1 is 1.59 bits per heavy atom. The summed E-state index contributed by atoms with van der Waals surface area (Å²) in [5.74, 6) is -0.629. The van der Waals surface area contributed by atoms with Crippen molar-refractivity contribution in [3.05, 3.63) is 11.8 Å². The number of alkyl halides is 3. The molecule has 1 amide bonds. The van der Waals surface area contributed by atoms with E-state index in [-0.39, 0.29) is 37.2 Å². The number of aliphatic hydroxyl groups is 1. The highest BCUT2D eigenvalue weighted by molar-refractivity contribution is 5.94. The Hall–Kier alpha value is -1.57. The standard InChI is InChI=1S/C9H10F3N3O2/c10-9(11,12)6-2-7(14-13-6)15-3-5(4-16)1-8(15)17/h2,5,16H,1,3-4H2,(H,13,14). The molecule has 1 aromatic rings. The number of carbonyl (C=O) groups is 1. The van der Waals surface area contributed by atoms with E-state index < -0.39 is 11.9 Å². The molecule has 0 radical (unpaired) electrons. The molecular formula is C9H10F3N3O2. The number of nitrogens with zero attached hydrogens (tertiary/aromatic N) is 2. The summed E-state index contributed by atoms with van der Waals surface area (Å²) in [6.45, 7) is 0.0241. The SMILES string of the molecule is O=C1CC(CO)CN1c1cc(C(F)(F)F)[nH]n1. The molecule has 8 heteroatoms. The molecule has 0 aliphatic carbocycles. The lowest BCUT2D eigenvalue weighted by Crippen LogP contribution is -2.25. The normalized spacial score (nSPS) is 21.3. The van der Waals surface area contributed by atoms with Crippen LogP contribution in [-0.2, 0) is 11.0 Å². The fourth-order valence-electron chi connectivity index (χ4n) is 1.72. The third kappa shape index (κ3) is 2.26. The molecule has 5 nitrogen and oxygen atoms in total. The van der Waals surface area contributed by atoms with Crippen molar-refractivity contribution >= 4 is 11.7 Å². The van der Waals surface area contributed by atoms with E-state index in [1.54, 1.807) is 0 Å². The van der Waals surface area contributed by atoms with E-state index in [2.05, 4.69) is 5.10 Å². The van der Waals surface area contributed by atoms with Crippen LogP contribution in [0.2, 0.25) is 0 Å². The van der Waals surface area contributed by atoms with Gasteiger partial charge in [0.25, 0.3) is 0 Å². The second-order valence-electron chi connectivity index (χ2n) is 3.89. The van der Waals surface area contributed by atoms with Crippen molar-refractivity contribution in [3.8, 4) is 0 Å². The minimum Gasteiger partial charge on any atom is -0.396 e. The van der Waals surface area contributed by atoms with Crippen LogP contribution in [-0.4, -0.2) is 34.4 Å². The van der Waals surface area contributed by atoms with Crippen LogP contribution in [0.1, 0.15) is 12.1 Å². The summed E-state index contributed by atoms with van der Waals surface area (Å²) in [4.78, 5) is 12.6. The zero-order valence-electron chi connectivity index (χ0n) is 8.66. The van der Waals surface area contributed by atoms with Crippen molar-refractivity contribution in [3.63, 3.8) is 0 Å². The molecule has 1 unspecified atom stereocenters. The molecule has 1 aliphatic rings. The van der Waals surface area contributed by atoms with Crippen LogP contribution < -0.4 is 4.90 Å². The van der Waals surface area contributed by atoms with Crippen LogP contribution in [0.15, 0.2) is 6.07 Å². The summed E-state index contributed by atoms with van der Waals surface area (Å²) in [5.41, 5.74) is -0.993. The molecule has 1 fully saturated rings. The van der Waals surface area contributed by atoms with Gasteiger partial charge in [-0.15, -0.1) is 0 Å². The van der Waals surface area contributed by atoms with Crippen LogP contribution in [0.25, 0.3) is 0 Å². The molecule has 1 atom stereocenters. The van der Waals surface area contributed by atoms with E-state index in [0.29, 0.717) is 0 Å². The number of aliphatic hydroxyl groups excluding tert-OH is 1. The van der Waals surface area contributed by atoms with Crippen LogP contribution >= 0.6 is 0 Å². The van der Waals surface area contributed by atoms with Crippen molar-refractivity contribution in [2.24, 2.45) is 5.92 Å². The van der Waals surface area contributed by atoms with Crippen molar-refractivity contribution < 1.29 is 23.1 Å². The molecule has 2 N–H and O–H groups in total. The Bertz CT molecular complexity index is 429. The van der Waals surface area contributed by atoms with E-state index in [0.717, 1.165) is 11.0 Å². The first-order valence-corrected chi connectivity index (χ1v) is 4.95. The highest BCUT2D eigenvalue weighted by Gasteiger charge is 2.36. The maximum absolute atomic E-state index is 12.3. The van der Waals surface area contributed by atoms with E-state index in [9.17, 15) is 18.0 Å². The van der Waals surface area contributed by atoms with Gasteiger partial charge in [0.05, 0.1) is 0 Å². The van der Waals surface area contributed by atoms with E-state index in [4.69, 9.17) is 5.11 Å². The zero-order chi connectivity index (χ0) is 12.6. The summed E-state index contributed by atoms with van der Waals surface area (Å²) in [7, 11) is 0. The van der Waals surface area contributed by atoms with E-state index in [1.807, 2.05) is 5.10 Å². The molecule has 0 spiro atoms. The lowest BCUT2D eigenvalue weighted by molar-refractivity contribution is -0.141. The number of nitrogens with one attached hydrogen (secondary N) is 1. The smallest absolute Gasteiger partial charge is 0.396 e. The Morgan fingerprint density at radius 3 is 2.76 bits per heavy atom. The first-order valence-electron chi connectivity index (χ1n) is 4.95. The number of rotatable bonds is 2. The predicted molar refractivity (Wildman–Crippen MR) is 51.1 cm³/mol. The van der Waals surface area contributed by atoms with Gasteiger partial charge in [0.1, 0.15) is 5.69 Å². The minimum absolute atomic E-state index is 0.0572. The number of anilines is 1. The van der Waals surface area contributed by atoms with Gasteiger partial charge < -0.3 is 5.11 Å². The molecule has 0 aromatic carbocycles. The Balaban J connectivity index is 2.19. The molecule has 0 bridgehead atoms. The lowest BCUT2D eigenvalue weighted by atomic mass is 10.1. The van der Waals surface area contributed by atoms with Crippen LogP contribution in [0, 0.1) is 5.92 Å². The summed E-state index contributed by atoms with van der Waals surface area (Å²) in [6, 6.07) is 0.789. The number of aromatic nitrogens is 2. The van der Waals surface area contributed by atoms with Gasteiger partial charge in [0, 0.05) is 31.6 Å². The van der Waals surface area contributed by atoms with Gasteiger partial charge in [-0.1, -0.05) is 0 Å². The molecule has 1 aliphatic heterocycles. The third-order valence-corrected chi connectivity index (χ3v) is 2.61. The number of hydrogen-bond donors (Lipinski definition) is 2. The Morgan fingerprint density at radius 2 is 2.29 bits per heavy atom. The lowest BCUT2D eigenvalue weighted by Gasteiger charge is -2.12. The van der Waals surface area contributed by atoms with Crippen molar-refractivity contribution in [1.29, 1.82) is 0 Å². The van der Waals surface area contributed by atoms with Crippen molar-refractivity contribution in [2.75, 3.05) is 18.1 Å². The monoisotopic (exact) mass is 249 g/mol. The Kier molecular flexibility index (Phi) is 2.82. The summed E-state index contributed by atoms with van der Waals surface area (Å²) < 4.78 is 36.9. The maximum Gasteiger partial charge on any atom is 0.432 e. The molecule has 17 heavy (non-hydrogen) atoms. The largest absolute Gasteiger partial charge is 0.432 e. The summed E-state index contributed by atoms with van der Waals surface area (Å²) in [6.07, 6.45) is -4.38. The van der Waals surface area contributed by atoms with Crippen LogP contribution in [0.5, 0.6) is 0 Å². The molecule has 2 heterocycles. The average Bonchev–Trinajstić information content (AvgIpc) is 2.82. The molecule has 2 rings (SSSR count). The minimum atomic E-state index is -4.51.